The van der Waals surface area contributed by atoms with E-state index in [9.17, 15) is 18.0 Å². The summed E-state index contributed by atoms with van der Waals surface area (Å²) in [6, 6.07) is 4.78. The summed E-state index contributed by atoms with van der Waals surface area (Å²) in [5.41, 5.74) is 4.44. The molecule has 0 aliphatic rings. The Morgan fingerprint density at radius 2 is 1.79 bits per heavy atom. The zero-order valence-corrected chi connectivity index (χ0v) is 13.5. The normalized spacial score (nSPS) is 9.54. The monoisotopic (exact) mass is 334 g/mol. The molecule has 1 amide bonds. The van der Waals surface area contributed by atoms with E-state index < -0.39 is 34.6 Å². The quantitative estimate of drug-likeness (QED) is 0.824. The number of hydrogen-bond donors (Lipinski definition) is 2. The zero-order chi connectivity index (χ0) is 18.4. The van der Waals surface area contributed by atoms with Gasteiger partial charge in [-0.15, -0.1) is 6.42 Å². The first-order valence-corrected chi connectivity index (χ1v) is 7.16. The lowest BCUT2D eigenvalue weighted by atomic mass is 10.0. The van der Waals surface area contributed by atoms with Crippen molar-refractivity contribution in [2.75, 3.05) is 5.32 Å². The Morgan fingerprint density at radius 3 is 2.29 bits per heavy atom. The van der Waals surface area contributed by atoms with Crippen LogP contribution in [0, 0.1) is 36.7 Å². The van der Waals surface area contributed by atoms with Gasteiger partial charge in [0.1, 0.15) is 5.82 Å². The van der Waals surface area contributed by atoms with Crippen LogP contribution in [0.3, 0.4) is 0 Å². The second-order valence-electron chi connectivity index (χ2n) is 4.59. The molecule has 2 aromatic carbocycles. The van der Waals surface area contributed by atoms with E-state index in [1.807, 2.05) is 13.8 Å². The van der Waals surface area contributed by atoms with Crippen LogP contribution >= 0.6 is 0 Å². The molecule has 0 unspecified atom stereocenters. The van der Waals surface area contributed by atoms with Crippen LogP contribution in [-0.4, -0.2) is 5.91 Å². The van der Waals surface area contributed by atoms with Gasteiger partial charge in [-0.3, -0.25) is 4.79 Å². The largest absolute Gasteiger partial charge is 0.365 e. The molecule has 0 spiro atoms. The molecule has 0 saturated heterocycles. The maximum absolute atomic E-state index is 14.0. The summed E-state index contributed by atoms with van der Waals surface area (Å²) in [4.78, 5) is 11.5. The molecule has 2 rings (SSSR count). The van der Waals surface area contributed by atoms with Gasteiger partial charge in [0.05, 0.1) is 16.9 Å². The van der Waals surface area contributed by atoms with Crippen LogP contribution in [0.4, 0.5) is 24.5 Å². The molecule has 0 atom stereocenters. The predicted molar refractivity (Wildman–Crippen MR) is 88.6 cm³/mol. The van der Waals surface area contributed by atoms with Gasteiger partial charge in [-0.2, -0.15) is 0 Å². The minimum absolute atomic E-state index is 0.138. The summed E-state index contributed by atoms with van der Waals surface area (Å²) >= 11 is 0. The standard InChI is InChI=1S/C16H11F3N2O.C2H6/c1-3-9-7-11(18)14(19)15(13(9)16(20)22)21-12-5-4-8(2)6-10(12)17;1-2/h1,4-7,21H,2H3,(H2,20,22);1-2H3. The highest BCUT2D eigenvalue weighted by Gasteiger charge is 2.22. The van der Waals surface area contributed by atoms with Crippen LogP contribution in [0.1, 0.15) is 35.3 Å². The fraction of sp³-hybridized carbons (Fsp3) is 0.167. The first kappa shape index (κ1) is 19.1. The number of carbonyl (C=O) groups is 1. The van der Waals surface area contributed by atoms with Crippen molar-refractivity contribution in [2.45, 2.75) is 20.8 Å². The molecule has 0 aliphatic carbocycles. The molecule has 24 heavy (non-hydrogen) atoms. The highest BCUT2D eigenvalue weighted by Crippen LogP contribution is 2.30. The smallest absolute Gasteiger partial charge is 0.252 e. The Balaban J connectivity index is 0.00000139. The van der Waals surface area contributed by atoms with Crippen molar-refractivity contribution in [1.29, 1.82) is 0 Å². The fourth-order valence-corrected chi connectivity index (χ4v) is 1.97. The molecule has 6 heteroatoms. The van der Waals surface area contributed by atoms with Crippen LogP contribution in [-0.2, 0) is 0 Å². The predicted octanol–water partition coefficient (Wildman–Crippen LogP) is 4.26. The number of amides is 1. The molecule has 0 radical (unpaired) electrons. The van der Waals surface area contributed by atoms with Gasteiger partial charge in [-0.1, -0.05) is 25.8 Å². The number of nitrogens with two attached hydrogens (primary N) is 1. The van der Waals surface area contributed by atoms with Crippen molar-refractivity contribution in [1.82, 2.24) is 0 Å². The second kappa shape index (κ2) is 8.06. The van der Waals surface area contributed by atoms with Gasteiger partial charge in [-0.05, 0) is 30.7 Å². The van der Waals surface area contributed by atoms with Crippen LogP contribution in [0.5, 0.6) is 0 Å². The van der Waals surface area contributed by atoms with Crippen molar-refractivity contribution in [3.63, 3.8) is 0 Å². The Labute approximate surface area is 138 Å². The van der Waals surface area contributed by atoms with Crippen LogP contribution in [0.2, 0.25) is 0 Å². The molecule has 126 valence electrons. The summed E-state index contributed by atoms with van der Waals surface area (Å²) in [5, 5.41) is 2.35. The number of anilines is 2. The van der Waals surface area contributed by atoms with E-state index in [1.165, 1.54) is 12.1 Å². The van der Waals surface area contributed by atoms with Crippen molar-refractivity contribution >= 4 is 17.3 Å². The van der Waals surface area contributed by atoms with E-state index in [4.69, 9.17) is 12.2 Å². The molecule has 0 bridgehead atoms. The fourth-order valence-electron chi connectivity index (χ4n) is 1.97. The van der Waals surface area contributed by atoms with E-state index in [1.54, 1.807) is 13.0 Å². The van der Waals surface area contributed by atoms with Crippen LogP contribution < -0.4 is 11.1 Å². The minimum Gasteiger partial charge on any atom is -0.365 e. The molecule has 3 nitrogen and oxygen atoms in total. The molecule has 0 aromatic heterocycles. The summed E-state index contributed by atoms with van der Waals surface area (Å²) in [6.07, 6.45) is 5.17. The Hall–Kier alpha value is -2.94. The minimum atomic E-state index is -1.37. The number of rotatable bonds is 3. The Morgan fingerprint density at radius 1 is 1.17 bits per heavy atom. The topological polar surface area (TPSA) is 55.1 Å². The highest BCUT2D eigenvalue weighted by atomic mass is 19.2. The number of carbonyl (C=O) groups excluding carboxylic acids is 1. The first-order valence-electron chi connectivity index (χ1n) is 7.16. The number of halogens is 3. The molecular formula is C18H17F3N2O. The summed E-state index contributed by atoms with van der Waals surface area (Å²) in [7, 11) is 0. The number of aryl methyl sites for hydroxylation is 1. The number of benzene rings is 2. The number of terminal acetylenes is 1. The lowest BCUT2D eigenvalue weighted by molar-refractivity contribution is 0.100. The Bertz CT molecular complexity index is 811. The zero-order valence-electron chi connectivity index (χ0n) is 13.5. The van der Waals surface area contributed by atoms with Crippen molar-refractivity contribution in [2.24, 2.45) is 5.73 Å². The van der Waals surface area contributed by atoms with Gasteiger partial charge in [0, 0.05) is 5.56 Å². The van der Waals surface area contributed by atoms with Crippen molar-refractivity contribution in [3.8, 4) is 12.3 Å². The first-order chi connectivity index (χ1) is 11.3. The molecule has 0 heterocycles. The van der Waals surface area contributed by atoms with Crippen molar-refractivity contribution < 1.29 is 18.0 Å². The van der Waals surface area contributed by atoms with Crippen LogP contribution in [0.15, 0.2) is 24.3 Å². The van der Waals surface area contributed by atoms with E-state index in [2.05, 4.69) is 11.2 Å². The molecule has 0 aliphatic heterocycles. The second-order valence-corrected chi connectivity index (χ2v) is 4.59. The maximum Gasteiger partial charge on any atom is 0.252 e. The average molecular weight is 334 g/mol. The molecule has 0 fully saturated rings. The third kappa shape index (κ3) is 3.87. The SMILES string of the molecule is C#Cc1cc(F)c(F)c(Nc2ccc(C)cc2F)c1C(N)=O.CC. The highest BCUT2D eigenvalue weighted by molar-refractivity contribution is 6.02. The average Bonchev–Trinajstić information content (AvgIpc) is 2.55. The van der Waals surface area contributed by atoms with Gasteiger partial charge in [0.2, 0.25) is 0 Å². The number of primary amides is 1. The summed E-state index contributed by atoms with van der Waals surface area (Å²) in [6.45, 7) is 5.67. The van der Waals surface area contributed by atoms with Gasteiger partial charge in [0.15, 0.2) is 11.6 Å². The molecule has 3 N–H and O–H groups in total. The van der Waals surface area contributed by atoms with E-state index in [-0.39, 0.29) is 11.3 Å². The molecule has 0 saturated carbocycles. The van der Waals surface area contributed by atoms with Gasteiger partial charge in [0.25, 0.3) is 5.91 Å². The van der Waals surface area contributed by atoms with Crippen LogP contribution in [0.25, 0.3) is 0 Å². The van der Waals surface area contributed by atoms with Gasteiger partial charge >= 0.3 is 0 Å². The van der Waals surface area contributed by atoms with E-state index in [0.717, 1.165) is 0 Å². The molecular weight excluding hydrogens is 317 g/mol. The van der Waals surface area contributed by atoms with Crippen molar-refractivity contribution in [3.05, 3.63) is 58.4 Å². The molecule has 2 aromatic rings. The lowest BCUT2D eigenvalue weighted by Gasteiger charge is -2.14. The van der Waals surface area contributed by atoms with E-state index >= 15 is 0 Å². The number of hydrogen-bond acceptors (Lipinski definition) is 2. The third-order valence-corrected chi connectivity index (χ3v) is 3.01. The lowest BCUT2D eigenvalue weighted by Crippen LogP contribution is -2.17. The maximum atomic E-state index is 14.0. The Kier molecular flexibility index (Phi) is 6.42. The summed E-state index contributed by atoms with van der Waals surface area (Å²) in [5.74, 6) is -2.33. The number of nitrogens with one attached hydrogen (secondary N) is 1. The van der Waals surface area contributed by atoms with E-state index in [0.29, 0.717) is 11.6 Å². The summed E-state index contributed by atoms with van der Waals surface area (Å²) < 4.78 is 41.4. The van der Waals surface area contributed by atoms with Gasteiger partial charge in [-0.25, -0.2) is 13.2 Å². The third-order valence-electron chi connectivity index (χ3n) is 3.01. The van der Waals surface area contributed by atoms with Gasteiger partial charge < -0.3 is 11.1 Å².